The maximum atomic E-state index is 11.6. The Morgan fingerprint density at radius 2 is 1.79 bits per heavy atom. The molecule has 19 heavy (non-hydrogen) atoms. The molecule has 0 radical (unpaired) electrons. The second kappa shape index (κ2) is 4.52. The van der Waals surface area contributed by atoms with E-state index in [1.165, 1.54) is 12.5 Å². The number of carbonyl (C=O) groups excluding carboxylic acids is 1. The number of benzene rings is 1. The maximum Gasteiger partial charge on any atom is 0.250 e. The lowest BCUT2D eigenvalue weighted by Gasteiger charge is -2.20. The fourth-order valence-corrected chi connectivity index (χ4v) is 1.77. The van der Waals surface area contributed by atoms with Crippen LogP contribution in [0.1, 0.15) is 10.4 Å². The summed E-state index contributed by atoms with van der Waals surface area (Å²) in [5, 5.41) is 3.16. The number of anilines is 2. The highest BCUT2D eigenvalue weighted by Gasteiger charge is 2.18. The summed E-state index contributed by atoms with van der Waals surface area (Å²) >= 11 is 0. The fraction of sp³-hybridized carbons (Fsp3) is 0. The van der Waals surface area contributed by atoms with Crippen LogP contribution < -0.4 is 26.9 Å². The van der Waals surface area contributed by atoms with Crippen molar-refractivity contribution in [2.24, 2.45) is 5.73 Å². The lowest BCUT2D eigenvalue weighted by atomic mass is 10.1. The molecule has 0 bridgehead atoms. The lowest BCUT2D eigenvalue weighted by molar-refractivity contribution is 0.1000. The van der Waals surface area contributed by atoms with Gasteiger partial charge in [-0.2, -0.15) is 0 Å². The molecular weight excluding hydrogens is 250 g/mol. The van der Waals surface area contributed by atoms with Crippen LogP contribution in [0.15, 0.2) is 43.1 Å². The van der Waals surface area contributed by atoms with Crippen LogP contribution in [-0.2, 0) is 9.68 Å². The minimum atomic E-state index is -0.539. The van der Waals surface area contributed by atoms with Crippen molar-refractivity contribution in [3.63, 3.8) is 0 Å². The summed E-state index contributed by atoms with van der Waals surface area (Å²) in [6.45, 7) is 0. The summed E-state index contributed by atoms with van der Waals surface area (Å²) in [7, 11) is 0. The van der Waals surface area contributed by atoms with Crippen LogP contribution in [0.25, 0.3) is 0 Å². The zero-order valence-corrected chi connectivity index (χ0v) is 9.74. The van der Waals surface area contributed by atoms with Crippen LogP contribution in [0, 0.1) is 0 Å². The third-order valence-electron chi connectivity index (χ3n) is 2.64. The maximum absolute atomic E-state index is 11.6. The van der Waals surface area contributed by atoms with E-state index in [2.05, 4.69) is 11.2 Å². The van der Waals surface area contributed by atoms with Gasteiger partial charge in [-0.3, -0.25) is 4.79 Å². The van der Waals surface area contributed by atoms with Crippen molar-refractivity contribution in [1.29, 1.82) is 0 Å². The Morgan fingerprint density at radius 1 is 1.11 bits per heavy atom. The lowest BCUT2D eigenvalue weighted by Crippen LogP contribution is -2.31. The molecule has 8 heteroatoms. The molecule has 2 heterocycles. The van der Waals surface area contributed by atoms with Gasteiger partial charge in [0.25, 0.3) is 5.91 Å². The number of primary amides is 1. The Morgan fingerprint density at radius 3 is 2.37 bits per heavy atom. The van der Waals surface area contributed by atoms with E-state index in [9.17, 15) is 4.79 Å². The molecule has 0 aromatic heterocycles. The SMILES string of the molecule is NC(=O)c1cc(N2C=CON2)ccc1N1C=CON1. The predicted octanol–water partition coefficient (Wildman–Crippen LogP) is 0.240. The van der Waals surface area contributed by atoms with Crippen molar-refractivity contribution in [1.82, 2.24) is 11.2 Å². The first-order valence-corrected chi connectivity index (χ1v) is 5.44. The van der Waals surface area contributed by atoms with Crippen molar-refractivity contribution in [3.05, 3.63) is 48.7 Å². The molecule has 0 saturated heterocycles. The Balaban J connectivity index is 1.98. The highest BCUT2D eigenvalue weighted by atomic mass is 16.7. The summed E-state index contributed by atoms with van der Waals surface area (Å²) in [6.07, 6.45) is 6.25. The van der Waals surface area contributed by atoms with Crippen LogP contribution in [0.5, 0.6) is 0 Å². The largest absolute Gasteiger partial charge is 0.395 e. The number of nitrogens with two attached hydrogens (primary N) is 1. The monoisotopic (exact) mass is 261 g/mol. The molecule has 0 unspecified atom stereocenters. The molecule has 3 rings (SSSR count). The molecule has 0 saturated carbocycles. The van der Waals surface area contributed by atoms with E-state index in [-0.39, 0.29) is 0 Å². The predicted molar refractivity (Wildman–Crippen MR) is 66.6 cm³/mol. The van der Waals surface area contributed by atoms with E-state index in [1.807, 2.05) is 6.07 Å². The van der Waals surface area contributed by atoms with Gasteiger partial charge in [0.2, 0.25) is 0 Å². The van der Waals surface area contributed by atoms with Gasteiger partial charge in [-0.05, 0) is 18.2 Å². The summed E-state index contributed by atoms with van der Waals surface area (Å²) in [4.78, 5) is 21.3. The smallest absolute Gasteiger partial charge is 0.250 e. The molecule has 1 aromatic rings. The summed E-state index contributed by atoms with van der Waals surface area (Å²) < 4.78 is 0. The number of carbonyl (C=O) groups is 1. The minimum Gasteiger partial charge on any atom is -0.395 e. The Hall–Kier alpha value is -2.71. The van der Waals surface area contributed by atoms with Gasteiger partial charge < -0.3 is 15.4 Å². The van der Waals surface area contributed by atoms with Gasteiger partial charge in [-0.25, -0.2) is 10.0 Å². The van der Waals surface area contributed by atoms with Gasteiger partial charge in [0.05, 0.1) is 29.3 Å². The first-order valence-electron chi connectivity index (χ1n) is 5.44. The second-order valence-corrected chi connectivity index (χ2v) is 3.79. The third kappa shape index (κ3) is 2.05. The average molecular weight is 261 g/mol. The molecule has 0 atom stereocenters. The molecule has 2 aliphatic rings. The molecule has 1 aromatic carbocycles. The first kappa shape index (κ1) is 11.4. The molecule has 0 spiro atoms. The molecule has 98 valence electrons. The Kier molecular flexibility index (Phi) is 2.71. The number of amides is 1. The fourth-order valence-electron chi connectivity index (χ4n) is 1.77. The van der Waals surface area contributed by atoms with Crippen molar-refractivity contribution < 1.29 is 14.5 Å². The van der Waals surface area contributed by atoms with Crippen molar-refractivity contribution in [2.75, 3.05) is 10.0 Å². The van der Waals surface area contributed by atoms with E-state index in [1.54, 1.807) is 34.6 Å². The number of rotatable bonds is 3. The minimum absolute atomic E-state index is 0.349. The third-order valence-corrected chi connectivity index (χ3v) is 2.64. The van der Waals surface area contributed by atoms with E-state index in [4.69, 9.17) is 15.4 Å². The molecule has 0 aliphatic carbocycles. The quantitative estimate of drug-likeness (QED) is 0.717. The second-order valence-electron chi connectivity index (χ2n) is 3.79. The van der Waals surface area contributed by atoms with E-state index in [0.29, 0.717) is 11.3 Å². The topological polar surface area (TPSA) is 92.1 Å². The van der Waals surface area contributed by atoms with Crippen molar-refractivity contribution >= 4 is 17.3 Å². The molecule has 0 fully saturated rings. The summed E-state index contributed by atoms with van der Waals surface area (Å²) in [6, 6.07) is 5.20. The first-order chi connectivity index (χ1) is 9.25. The van der Waals surface area contributed by atoms with E-state index in [0.717, 1.165) is 5.69 Å². The highest BCUT2D eigenvalue weighted by Crippen LogP contribution is 2.26. The zero-order chi connectivity index (χ0) is 13.2. The number of hydrogen-bond acceptors (Lipinski definition) is 7. The number of nitrogens with zero attached hydrogens (tertiary/aromatic N) is 2. The van der Waals surface area contributed by atoms with Crippen LogP contribution in [0.2, 0.25) is 0 Å². The van der Waals surface area contributed by atoms with Gasteiger partial charge in [-0.15, -0.1) is 0 Å². The van der Waals surface area contributed by atoms with Crippen LogP contribution >= 0.6 is 0 Å². The van der Waals surface area contributed by atoms with Gasteiger partial charge in [0, 0.05) is 0 Å². The molecule has 1 amide bonds. The van der Waals surface area contributed by atoms with E-state index < -0.39 is 5.91 Å². The van der Waals surface area contributed by atoms with Crippen molar-refractivity contribution in [3.8, 4) is 0 Å². The van der Waals surface area contributed by atoms with Gasteiger partial charge in [-0.1, -0.05) is 11.2 Å². The molecular formula is C11H11N5O3. The number of nitrogens with one attached hydrogen (secondary N) is 2. The number of hydrogen-bond donors (Lipinski definition) is 3. The van der Waals surface area contributed by atoms with Gasteiger partial charge in [0.1, 0.15) is 12.5 Å². The zero-order valence-electron chi connectivity index (χ0n) is 9.74. The highest BCUT2D eigenvalue weighted by molar-refractivity contribution is 6.00. The normalized spacial score (nSPS) is 16.6. The van der Waals surface area contributed by atoms with Gasteiger partial charge >= 0.3 is 0 Å². The summed E-state index contributed by atoms with van der Waals surface area (Å²) in [5.41, 5.74) is 12.3. The van der Waals surface area contributed by atoms with Crippen LogP contribution in [0.3, 0.4) is 0 Å². The Bertz CT molecular complexity index is 571. The molecule has 8 nitrogen and oxygen atoms in total. The number of hydrazine groups is 2. The van der Waals surface area contributed by atoms with E-state index >= 15 is 0 Å². The average Bonchev–Trinajstić information content (AvgIpc) is 3.11. The standard InChI is InChI=1S/C11H11N5O3/c12-11(17)9-7-8(15-3-5-18-13-15)1-2-10(9)16-4-6-19-14-16/h1-7,13-14H,(H2,12,17). The van der Waals surface area contributed by atoms with Crippen molar-refractivity contribution in [2.45, 2.75) is 0 Å². The molecule has 2 aliphatic heterocycles. The Labute approximate surface area is 108 Å². The van der Waals surface area contributed by atoms with Gasteiger partial charge in [0.15, 0.2) is 0 Å². The summed E-state index contributed by atoms with van der Waals surface area (Å²) in [5.74, 6) is -0.539. The molecule has 4 N–H and O–H groups in total. The van der Waals surface area contributed by atoms with Crippen LogP contribution in [-0.4, -0.2) is 5.91 Å². The van der Waals surface area contributed by atoms with Crippen LogP contribution in [0.4, 0.5) is 11.4 Å².